The second-order valence-electron chi connectivity index (χ2n) is 7.31. The van der Waals surface area contributed by atoms with Crippen molar-refractivity contribution in [2.45, 2.75) is 44.7 Å². The van der Waals surface area contributed by atoms with E-state index < -0.39 is 0 Å². The summed E-state index contributed by atoms with van der Waals surface area (Å²) in [4.78, 5) is 26.3. The quantitative estimate of drug-likeness (QED) is 0.827. The van der Waals surface area contributed by atoms with E-state index in [-0.39, 0.29) is 23.9 Å². The highest BCUT2D eigenvalue weighted by Crippen LogP contribution is 2.26. The van der Waals surface area contributed by atoms with E-state index in [4.69, 9.17) is 4.74 Å². The van der Waals surface area contributed by atoms with Crippen LogP contribution >= 0.6 is 0 Å². The maximum Gasteiger partial charge on any atom is 0.253 e. The summed E-state index contributed by atoms with van der Waals surface area (Å²) in [5.41, 5.74) is 2.82. The van der Waals surface area contributed by atoms with Gasteiger partial charge < -0.3 is 15.0 Å². The molecule has 0 aliphatic heterocycles. The molecule has 0 spiro atoms. The highest BCUT2D eigenvalue weighted by Gasteiger charge is 2.30. The third-order valence-electron chi connectivity index (χ3n) is 5.51. The summed E-state index contributed by atoms with van der Waals surface area (Å²) in [5, 5.41) is 3.04. The van der Waals surface area contributed by atoms with Crippen molar-refractivity contribution in [3.05, 3.63) is 54.1 Å². The van der Waals surface area contributed by atoms with E-state index >= 15 is 0 Å². The molecule has 0 aromatic heterocycles. The van der Waals surface area contributed by atoms with Gasteiger partial charge in [0.2, 0.25) is 5.91 Å². The van der Waals surface area contributed by atoms with Gasteiger partial charge >= 0.3 is 0 Å². The lowest BCUT2D eigenvalue weighted by atomic mass is 10.0. The Bertz CT molecular complexity index is 815. The van der Waals surface area contributed by atoms with E-state index in [2.05, 4.69) is 5.32 Å². The summed E-state index contributed by atoms with van der Waals surface area (Å²) >= 11 is 0. The van der Waals surface area contributed by atoms with Crippen LogP contribution in [0.2, 0.25) is 0 Å². The van der Waals surface area contributed by atoms with E-state index in [9.17, 15) is 9.59 Å². The Labute approximate surface area is 166 Å². The summed E-state index contributed by atoms with van der Waals surface area (Å²) in [7, 11) is 3.50. The van der Waals surface area contributed by atoms with Gasteiger partial charge in [0, 0.05) is 31.1 Å². The van der Waals surface area contributed by atoms with Gasteiger partial charge in [-0.2, -0.15) is 0 Å². The fourth-order valence-corrected chi connectivity index (χ4v) is 3.73. The molecule has 28 heavy (non-hydrogen) atoms. The van der Waals surface area contributed by atoms with Crippen molar-refractivity contribution < 1.29 is 14.3 Å². The molecule has 1 aliphatic rings. The van der Waals surface area contributed by atoms with Crippen LogP contribution in [0, 0.1) is 0 Å². The van der Waals surface area contributed by atoms with Crippen LogP contribution in [0.4, 0.5) is 0 Å². The van der Waals surface area contributed by atoms with Crippen molar-refractivity contribution in [1.82, 2.24) is 10.2 Å². The molecule has 5 heteroatoms. The van der Waals surface area contributed by atoms with E-state index in [1.54, 1.807) is 7.11 Å². The number of methoxy groups -OCH3 is 1. The first-order valence-electron chi connectivity index (χ1n) is 9.82. The normalized spacial score (nSPS) is 18.5. The fourth-order valence-electron chi connectivity index (χ4n) is 3.73. The largest absolute Gasteiger partial charge is 0.497 e. The third-order valence-corrected chi connectivity index (χ3v) is 5.51. The van der Waals surface area contributed by atoms with E-state index in [0.29, 0.717) is 12.0 Å². The zero-order valence-corrected chi connectivity index (χ0v) is 16.8. The number of rotatable bonds is 6. The number of carbonyl (C=O) groups excluding carboxylic acids is 2. The van der Waals surface area contributed by atoms with Crippen LogP contribution in [0.5, 0.6) is 5.75 Å². The molecule has 2 aromatic rings. The van der Waals surface area contributed by atoms with Gasteiger partial charge in [-0.05, 0) is 54.7 Å². The van der Waals surface area contributed by atoms with E-state index in [1.807, 2.05) is 67.4 Å². The van der Waals surface area contributed by atoms with Crippen molar-refractivity contribution in [2.75, 3.05) is 14.2 Å². The van der Waals surface area contributed by atoms with Crippen LogP contribution in [0.1, 0.15) is 43.0 Å². The Morgan fingerprint density at radius 1 is 1.04 bits per heavy atom. The Balaban J connectivity index is 1.63. The van der Waals surface area contributed by atoms with Crippen molar-refractivity contribution in [3.8, 4) is 16.9 Å². The predicted octanol–water partition coefficient (Wildman–Crippen LogP) is 3.88. The van der Waals surface area contributed by atoms with Crippen molar-refractivity contribution in [3.63, 3.8) is 0 Å². The molecule has 1 N–H and O–H groups in total. The summed E-state index contributed by atoms with van der Waals surface area (Å²) in [6, 6.07) is 15.9. The Kier molecular flexibility index (Phi) is 6.34. The Morgan fingerprint density at radius 2 is 1.64 bits per heavy atom. The van der Waals surface area contributed by atoms with Gasteiger partial charge in [0.25, 0.3) is 5.91 Å². The molecule has 0 heterocycles. The highest BCUT2D eigenvalue weighted by atomic mass is 16.5. The Morgan fingerprint density at radius 3 is 2.21 bits per heavy atom. The Hall–Kier alpha value is -2.82. The molecule has 1 aliphatic carbocycles. The van der Waals surface area contributed by atoms with Crippen molar-refractivity contribution in [1.29, 1.82) is 0 Å². The fraction of sp³-hybridized carbons (Fsp3) is 0.391. The molecule has 3 rings (SSSR count). The van der Waals surface area contributed by atoms with Crippen molar-refractivity contribution in [2.24, 2.45) is 0 Å². The van der Waals surface area contributed by atoms with Gasteiger partial charge in [-0.25, -0.2) is 0 Å². The molecule has 5 nitrogen and oxygen atoms in total. The summed E-state index contributed by atoms with van der Waals surface area (Å²) < 4.78 is 5.19. The maximum atomic E-state index is 12.9. The van der Waals surface area contributed by atoms with Crippen LogP contribution in [-0.2, 0) is 4.79 Å². The third kappa shape index (κ3) is 4.53. The van der Waals surface area contributed by atoms with E-state index in [1.165, 1.54) is 0 Å². The smallest absolute Gasteiger partial charge is 0.253 e. The monoisotopic (exact) mass is 380 g/mol. The van der Waals surface area contributed by atoms with Gasteiger partial charge in [0.15, 0.2) is 0 Å². The number of benzene rings is 2. The summed E-state index contributed by atoms with van der Waals surface area (Å²) in [5.74, 6) is 0.921. The minimum absolute atomic E-state index is 0.0220. The van der Waals surface area contributed by atoms with Crippen LogP contribution < -0.4 is 10.1 Å². The number of nitrogens with one attached hydrogen (secondary N) is 1. The molecule has 0 saturated heterocycles. The molecule has 148 valence electrons. The molecule has 1 saturated carbocycles. The maximum absolute atomic E-state index is 12.9. The number of nitrogens with zero attached hydrogens (tertiary/aromatic N) is 1. The summed E-state index contributed by atoms with van der Waals surface area (Å²) in [6.45, 7) is 1.85. The molecule has 0 unspecified atom stereocenters. The van der Waals surface area contributed by atoms with Crippen LogP contribution in [0.3, 0.4) is 0 Å². The zero-order chi connectivity index (χ0) is 20.1. The number of amides is 2. The lowest BCUT2D eigenvalue weighted by Gasteiger charge is -2.25. The number of hydrogen-bond acceptors (Lipinski definition) is 3. The first-order valence-corrected chi connectivity index (χ1v) is 9.82. The molecule has 1 fully saturated rings. The molecule has 0 bridgehead atoms. The van der Waals surface area contributed by atoms with E-state index in [0.717, 1.165) is 36.1 Å². The zero-order valence-electron chi connectivity index (χ0n) is 16.8. The first kappa shape index (κ1) is 19.9. The first-order chi connectivity index (χ1) is 13.5. The average Bonchev–Trinajstić information content (AvgIpc) is 3.21. The second-order valence-corrected chi connectivity index (χ2v) is 7.31. The standard InChI is InChI=1S/C23H28N2O3/c1-4-22(26)24-19-11-12-20(15-19)25(2)23(27)18-7-5-16(6-8-18)17-9-13-21(28-3)14-10-17/h5-10,13-14,19-20H,4,11-12,15H2,1-3H3,(H,24,26)/t19-,20+/m1/s1. The average molecular weight is 380 g/mol. The number of carbonyl (C=O) groups is 2. The summed E-state index contributed by atoms with van der Waals surface area (Å²) in [6.07, 6.45) is 3.15. The molecule has 2 aromatic carbocycles. The minimum Gasteiger partial charge on any atom is -0.497 e. The number of hydrogen-bond donors (Lipinski definition) is 1. The SMILES string of the molecule is CCC(=O)N[C@@H]1CC[C@H](N(C)C(=O)c2ccc(-c3ccc(OC)cc3)cc2)C1. The predicted molar refractivity (Wildman–Crippen MR) is 110 cm³/mol. The van der Waals surface area contributed by atoms with Gasteiger partial charge in [-0.15, -0.1) is 0 Å². The van der Waals surface area contributed by atoms with Crippen molar-refractivity contribution >= 4 is 11.8 Å². The lowest BCUT2D eigenvalue weighted by Crippen LogP contribution is -2.38. The number of ether oxygens (including phenoxy) is 1. The van der Waals surface area contributed by atoms with Gasteiger partial charge in [-0.3, -0.25) is 9.59 Å². The molecular weight excluding hydrogens is 352 g/mol. The van der Waals surface area contributed by atoms with Gasteiger partial charge in [0.1, 0.15) is 5.75 Å². The molecule has 0 radical (unpaired) electrons. The molecule has 2 amide bonds. The molecular formula is C23H28N2O3. The molecule has 2 atom stereocenters. The lowest BCUT2D eigenvalue weighted by molar-refractivity contribution is -0.121. The van der Waals surface area contributed by atoms with Gasteiger partial charge in [0.05, 0.1) is 7.11 Å². The van der Waals surface area contributed by atoms with Crippen LogP contribution in [0.15, 0.2) is 48.5 Å². The highest BCUT2D eigenvalue weighted by molar-refractivity contribution is 5.94. The van der Waals surface area contributed by atoms with Crippen LogP contribution in [0.25, 0.3) is 11.1 Å². The van der Waals surface area contributed by atoms with Gasteiger partial charge in [-0.1, -0.05) is 31.2 Å². The second kappa shape index (κ2) is 8.91. The topological polar surface area (TPSA) is 58.6 Å². The minimum atomic E-state index is 0.0220. The van der Waals surface area contributed by atoms with Crippen LogP contribution in [-0.4, -0.2) is 43.0 Å².